The molecular weight excluding hydrogens is 366 g/mol. The lowest BCUT2D eigenvalue weighted by Crippen LogP contribution is -2.05. The van der Waals surface area contributed by atoms with E-state index in [0.29, 0.717) is 45.9 Å². The fraction of sp³-hybridized carbons (Fsp3) is 0.125. The highest BCUT2D eigenvalue weighted by Gasteiger charge is 2.12. The molecule has 0 aliphatic heterocycles. The van der Waals surface area contributed by atoms with E-state index in [2.05, 4.69) is 0 Å². The van der Waals surface area contributed by atoms with Crippen LogP contribution >= 0.6 is 0 Å². The number of ether oxygens (including phenoxy) is 2. The maximum atomic E-state index is 12.9. The number of nitrogens with two attached hydrogens (primary N) is 1. The Morgan fingerprint density at radius 2 is 1.79 bits per heavy atom. The number of fused-ring (bicyclic) bond motifs is 1. The van der Waals surface area contributed by atoms with Crippen LogP contribution in [0.15, 0.2) is 76.1 Å². The summed E-state index contributed by atoms with van der Waals surface area (Å²) in [6.45, 7) is 2.49. The number of rotatable bonds is 5. The standard InChI is InChI=1S/C24H21NO4/c1-15-3-5-16(6-4-15)13-28-18-8-9-19-23(12-18)29-14-20(24(19)26)17-7-10-22(27-2)21(25)11-17/h3-12,14H,13,25H2,1-2H3. The summed E-state index contributed by atoms with van der Waals surface area (Å²) in [4.78, 5) is 12.9. The zero-order valence-corrected chi connectivity index (χ0v) is 16.3. The molecule has 0 aliphatic rings. The van der Waals surface area contributed by atoms with Crippen LogP contribution in [-0.4, -0.2) is 7.11 Å². The lowest BCUT2D eigenvalue weighted by Gasteiger charge is -2.09. The van der Waals surface area contributed by atoms with Crippen LogP contribution in [0.2, 0.25) is 0 Å². The Balaban J connectivity index is 1.62. The van der Waals surface area contributed by atoms with E-state index >= 15 is 0 Å². The van der Waals surface area contributed by atoms with Gasteiger partial charge in [0.1, 0.15) is 30.0 Å². The number of benzene rings is 3. The first-order chi connectivity index (χ1) is 14.0. The predicted octanol–water partition coefficient (Wildman–Crippen LogP) is 4.94. The highest BCUT2D eigenvalue weighted by Crippen LogP contribution is 2.28. The summed E-state index contributed by atoms with van der Waals surface area (Å²) < 4.78 is 16.7. The second-order valence-electron chi connectivity index (χ2n) is 6.87. The molecule has 5 heteroatoms. The third kappa shape index (κ3) is 3.80. The summed E-state index contributed by atoms with van der Waals surface area (Å²) in [6, 6.07) is 18.6. The van der Waals surface area contributed by atoms with Crippen LogP contribution in [0.4, 0.5) is 5.69 Å². The molecule has 0 unspecified atom stereocenters. The first-order valence-electron chi connectivity index (χ1n) is 9.23. The van der Waals surface area contributed by atoms with Crippen molar-refractivity contribution >= 4 is 16.7 Å². The van der Waals surface area contributed by atoms with Crippen LogP contribution in [-0.2, 0) is 6.61 Å². The van der Waals surface area contributed by atoms with Gasteiger partial charge in [-0.15, -0.1) is 0 Å². The van der Waals surface area contributed by atoms with Crippen molar-refractivity contribution in [3.63, 3.8) is 0 Å². The van der Waals surface area contributed by atoms with Crippen LogP contribution in [0, 0.1) is 6.92 Å². The minimum absolute atomic E-state index is 0.124. The third-order valence-electron chi connectivity index (χ3n) is 4.81. The fourth-order valence-electron chi connectivity index (χ4n) is 3.15. The molecule has 0 radical (unpaired) electrons. The molecule has 0 amide bonds. The van der Waals surface area contributed by atoms with Crippen LogP contribution < -0.4 is 20.6 Å². The zero-order chi connectivity index (χ0) is 20.4. The molecule has 4 rings (SSSR count). The Kier molecular flexibility index (Phi) is 4.96. The minimum atomic E-state index is -0.124. The van der Waals surface area contributed by atoms with Crippen molar-refractivity contribution in [3.05, 3.63) is 88.3 Å². The highest BCUT2D eigenvalue weighted by molar-refractivity contribution is 5.83. The Hall–Kier alpha value is -3.73. The lowest BCUT2D eigenvalue weighted by molar-refractivity contribution is 0.306. The molecular formula is C24H21NO4. The summed E-state index contributed by atoms with van der Waals surface area (Å²) in [7, 11) is 1.55. The summed E-state index contributed by atoms with van der Waals surface area (Å²) in [6.07, 6.45) is 1.45. The Bertz CT molecular complexity index is 1230. The van der Waals surface area contributed by atoms with Crippen molar-refractivity contribution in [3.8, 4) is 22.6 Å². The smallest absolute Gasteiger partial charge is 0.200 e. The molecule has 1 heterocycles. The van der Waals surface area contributed by atoms with Crippen molar-refractivity contribution in [2.75, 3.05) is 12.8 Å². The normalized spacial score (nSPS) is 10.8. The molecule has 0 aliphatic carbocycles. The van der Waals surface area contributed by atoms with E-state index in [1.807, 2.05) is 31.2 Å². The molecule has 2 N–H and O–H groups in total. The van der Waals surface area contributed by atoms with E-state index in [4.69, 9.17) is 19.6 Å². The van der Waals surface area contributed by atoms with Crippen molar-refractivity contribution in [2.24, 2.45) is 0 Å². The van der Waals surface area contributed by atoms with Crippen LogP contribution in [0.25, 0.3) is 22.1 Å². The van der Waals surface area contributed by atoms with Crippen LogP contribution in [0.3, 0.4) is 0 Å². The van der Waals surface area contributed by atoms with Gasteiger partial charge in [0.15, 0.2) is 5.43 Å². The number of hydrogen-bond donors (Lipinski definition) is 1. The monoisotopic (exact) mass is 387 g/mol. The van der Waals surface area contributed by atoms with Gasteiger partial charge in [0.25, 0.3) is 0 Å². The molecule has 4 aromatic rings. The van der Waals surface area contributed by atoms with E-state index in [1.165, 1.54) is 11.8 Å². The average Bonchev–Trinajstić information content (AvgIpc) is 2.73. The number of methoxy groups -OCH3 is 1. The van der Waals surface area contributed by atoms with Crippen LogP contribution in [0.1, 0.15) is 11.1 Å². The van der Waals surface area contributed by atoms with Gasteiger partial charge in [-0.25, -0.2) is 0 Å². The molecule has 0 fully saturated rings. The molecule has 146 valence electrons. The van der Waals surface area contributed by atoms with Gasteiger partial charge in [-0.2, -0.15) is 0 Å². The van der Waals surface area contributed by atoms with E-state index < -0.39 is 0 Å². The second kappa shape index (κ2) is 7.72. The molecule has 0 spiro atoms. The van der Waals surface area contributed by atoms with E-state index in [9.17, 15) is 4.79 Å². The van der Waals surface area contributed by atoms with Gasteiger partial charge >= 0.3 is 0 Å². The topological polar surface area (TPSA) is 74.7 Å². The van der Waals surface area contributed by atoms with Gasteiger partial charge in [-0.05, 0) is 42.3 Å². The largest absolute Gasteiger partial charge is 0.495 e. The van der Waals surface area contributed by atoms with Crippen molar-refractivity contribution in [2.45, 2.75) is 13.5 Å². The van der Waals surface area contributed by atoms with Gasteiger partial charge in [-0.3, -0.25) is 4.79 Å². The summed E-state index contributed by atoms with van der Waals surface area (Å²) >= 11 is 0. The number of anilines is 1. The van der Waals surface area contributed by atoms with E-state index in [0.717, 1.165) is 5.56 Å². The fourth-order valence-corrected chi connectivity index (χ4v) is 3.15. The number of aryl methyl sites for hydroxylation is 1. The summed E-state index contributed by atoms with van der Waals surface area (Å²) in [5, 5.41) is 0.486. The quantitative estimate of drug-likeness (QED) is 0.491. The molecule has 5 nitrogen and oxygen atoms in total. The predicted molar refractivity (Wildman–Crippen MR) is 114 cm³/mol. The molecule has 0 saturated heterocycles. The van der Waals surface area contributed by atoms with E-state index in [1.54, 1.807) is 43.5 Å². The summed E-state index contributed by atoms with van der Waals surface area (Å²) in [5.74, 6) is 1.21. The first kappa shape index (κ1) is 18.6. The molecule has 0 atom stereocenters. The Labute approximate surface area is 168 Å². The van der Waals surface area contributed by atoms with Gasteiger partial charge in [0.2, 0.25) is 0 Å². The molecule has 3 aromatic carbocycles. The number of nitrogen functional groups attached to an aromatic ring is 1. The van der Waals surface area contributed by atoms with Crippen molar-refractivity contribution in [1.82, 2.24) is 0 Å². The summed E-state index contributed by atoms with van der Waals surface area (Å²) in [5.41, 5.74) is 10.2. The highest BCUT2D eigenvalue weighted by atomic mass is 16.5. The molecule has 29 heavy (non-hydrogen) atoms. The van der Waals surface area contributed by atoms with Gasteiger partial charge in [0.05, 0.1) is 23.7 Å². The van der Waals surface area contributed by atoms with Gasteiger partial charge < -0.3 is 19.6 Å². The zero-order valence-electron chi connectivity index (χ0n) is 16.3. The van der Waals surface area contributed by atoms with Gasteiger partial charge in [-0.1, -0.05) is 35.9 Å². The SMILES string of the molecule is COc1ccc(-c2coc3cc(OCc4ccc(C)cc4)ccc3c2=O)cc1N. The third-order valence-corrected chi connectivity index (χ3v) is 4.81. The first-order valence-corrected chi connectivity index (χ1v) is 9.23. The lowest BCUT2D eigenvalue weighted by atomic mass is 10.0. The maximum absolute atomic E-state index is 12.9. The second-order valence-corrected chi connectivity index (χ2v) is 6.87. The Morgan fingerprint density at radius 3 is 2.52 bits per heavy atom. The number of hydrogen-bond acceptors (Lipinski definition) is 5. The molecule has 0 saturated carbocycles. The minimum Gasteiger partial charge on any atom is -0.495 e. The molecule has 1 aromatic heterocycles. The van der Waals surface area contributed by atoms with Crippen molar-refractivity contribution in [1.29, 1.82) is 0 Å². The molecule has 0 bridgehead atoms. The Morgan fingerprint density at radius 1 is 1.00 bits per heavy atom. The van der Waals surface area contributed by atoms with Crippen LogP contribution in [0.5, 0.6) is 11.5 Å². The van der Waals surface area contributed by atoms with Crippen molar-refractivity contribution < 1.29 is 13.9 Å². The van der Waals surface area contributed by atoms with E-state index in [-0.39, 0.29) is 5.43 Å². The average molecular weight is 387 g/mol. The maximum Gasteiger partial charge on any atom is 0.200 e. The van der Waals surface area contributed by atoms with Gasteiger partial charge in [0, 0.05) is 6.07 Å².